The number of hydrogen-bond donors (Lipinski definition) is 0. The zero-order valence-corrected chi connectivity index (χ0v) is 38.9. The Morgan fingerprint density at radius 2 is 0.775 bits per heavy atom. The van der Waals surface area contributed by atoms with E-state index in [4.69, 9.17) is 4.98 Å². The Bertz CT molecular complexity index is 4150. The van der Waals surface area contributed by atoms with E-state index < -0.39 is 0 Å². The predicted molar refractivity (Wildman–Crippen MR) is 299 cm³/mol. The first-order valence-electron chi connectivity index (χ1n) is 24.5. The van der Waals surface area contributed by atoms with E-state index >= 15 is 0 Å². The first kappa shape index (κ1) is 40.7. The summed E-state index contributed by atoms with van der Waals surface area (Å²) in [7, 11) is 0. The third-order valence-corrected chi connectivity index (χ3v) is 14.6. The van der Waals surface area contributed by atoms with Crippen LogP contribution in [0.5, 0.6) is 0 Å². The van der Waals surface area contributed by atoms with Crippen LogP contribution in [0.3, 0.4) is 0 Å². The average molecular weight is 904 g/mol. The molecule has 0 aliphatic heterocycles. The maximum absolute atomic E-state index is 4.90. The molecule has 0 unspecified atom stereocenters. The monoisotopic (exact) mass is 903 g/mol. The minimum Gasteiger partial charge on any atom is -0.313 e. The Morgan fingerprint density at radius 1 is 0.324 bits per heavy atom. The molecule has 0 saturated heterocycles. The summed E-state index contributed by atoms with van der Waals surface area (Å²) in [5, 5.41) is 8.68. The molecule has 13 aromatic rings. The number of pyridine rings is 1. The number of aromatic nitrogens is 3. The smallest absolute Gasteiger partial charge is 0.0541 e. The van der Waals surface area contributed by atoms with Crippen LogP contribution in [0.2, 0.25) is 0 Å². The second-order valence-electron chi connectivity index (χ2n) is 18.7. The molecule has 0 spiro atoms. The second kappa shape index (κ2) is 16.7. The fraction of sp³-hybridized carbons (Fsp3) is 0.0147. The molecule has 14 rings (SSSR count). The Balaban J connectivity index is 0.903. The SMILES string of the molecule is C1=CCc2c(c3ccccc3n2-c2cc(-c3ccc(-c4cncc(-c5cc(-c6cccc7ccccc67)cc(-c6cccc7ccccc67)c5)c4)cc3)cc(-n3c4ccccc4c4ccccc43)c2)C=C1. The molecule has 0 bridgehead atoms. The van der Waals surface area contributed by atoms with Crippen LogP contribution in [0.4, 0.5) is 0 Å². The van der Waals surface area contributed by atoms with Crippen LogP contribution in [0.15, 0.2) is 255 Å². The molecule has 0 N–H and O–H groups in total. The van der Waals surface area contributed by atoms with Crippen molar-refractivity contribution in [2.24, 2.45) is 0 Å². The highest BCUT2D eigenvalue weighted by molar-refractivity contribution is 6.09. The minimum atomic E-state index is 0.839. The molecule has 0 radical (unpaired) electrons. The van der Waals surface area contributed by atoms with Gasteiger partial charge in [-0.15, -0.1) is 0 Å². The summed E-state index contributed by atoms with van der Waals surface area (Å²) in [6.45, 7) is 0. The summed E-state index contributed by atoms with van der Waals surface area (Å²) < 4.78 is 4.92. The van der Waals surface area contributed by atoms with Gasteiger partial charge in [0.25, 0.3) is 0 Å². The van der Waals surface area contributed by atoms with Crippen molar-refractivity contribution in [2.45, 2.75) is 6.42 Å². The Morgan fingerprint density at radius 3 is 1.39 bits per heavy atom. The summed E-state index contributed by atoms with van der Waals surface area (Å²) in [6.07, 6.45) is 13.7. The zero-order valence-electron chi connectivity index (χ0n) is 38.9. The van der Waals surface area contributed by atoms with Crippen LogP contribution >= 0.6 is 0 Å². The van der Waals surface area contributed by atoms with Gasteiger partial charge in [0.05, 0.1) is 16.6 Å². The van der Waals surface area contributed by atoms with Crippen LogP contribution in [-0.2, 0) is 6.42 Å². The number of benzene rings is 10. The van der Waals surface area contributed by atoms with Gasteiger partial charge in [-0.3, -0.25) is 4.98 Å². The number of rotatable bonds is 7. The van der Waals surface area contributed by atoms with Crippen molar-refractivity contribution in [3.05, 3.63) is 266 Å². The van der Waals surface area contributed by atoms with E-state index in [0.29, 0.717) is 0 Å². The predicted octanol–water partition coefficient (Wildman–Crippen LogP) is 17.9. The molecular weight excluding hydrogens is 859 g/mol. The van der Waals surface area contributed by atoms with Gasteiger partial charge in [-0.25, -0.2) is 0 Å². The molecular formula is C68H45N3. The van der Waals surface area contributed by atoms with E-state index in [0.717, 1.165) is 51.2 Å². The van der Waals surface area contributed by atoms with Crippen LogP contribution in [0.25, 0.3) is 127 Å². The van der Waals surface area contributed by atoms with Crippen molar-refractivity contribution in [1.82, 2.24) is 14.1 Å². The lowest BCUT2D eigenvalue weighted by Gasteiger charge is -2.17. The fourth-order valence-electron chi connectivity index (χ4n) is 11.3. The summed E-state index contributed by atoms with van der Waals surface area (Å²) in [4.78, 5) is 4.90. The molecule has 0 atom stereocenters. The van der Waals surface area contributed by atoms with Crippen molar-refractivity contribution < 1.29 is 0 Å². The number of allylic oxidation sites excluding steroid dienone is 3. The molecule has 0 fully saturated rings. The number of hydrogen-bond acceptors (Lipinski definition) is 1. The van der Waals surface area contributed by atoms with Crippen molar-refractivity contribution >= 4 is 60.3 Å². The molecule has 71 heavy (non-hydrogen) atoms. The molecule has 1 aliphatic carbocycles. The standard InChI is InChI=1S/C68H45N3/c1-2-22-61-62-23-8-11-29-66(62)70(65(61)28-3-1)55-40-50(41-56(42-55)71-67-30-12-9-24-63(67)64-25-10-13-31-68(64)71)45-32-34-46(35-33-45)53-39-54(44-69-43-53)49-36-51(59-26-14-18-47-16-4-6-20-57(47)59)38-52(37-49)60-27-15-19-48-17-5-7-21-58(48)60/h1-27,29-44H,28H2. The second-order valence-corrected chi connectivity index (χ2v) is 18.7. The lowest BCUT2D eigenvalue weighted by atomic mass is 9.89. The number of para-hydroxylation sites is 3. The highest BCUT2D eigenvalue weighted by atomic mass is 15.0. The highest BCUT2D eigenvalue weighted by Crippen LogP contribution is 2.41. The minimum absolute atomic E-state index is 0.839. The molecule has 3 aromatic heterocycles. The molecule has 0 amide bonds. The van der Waals surface area contributed by atoms with Crippen LogP contribution in [0, 0.1) is 0 Å². The summed E-state index contributed by atoms with van der Waals surface area (Å²) in [5.41, 5.74) is 19.9. The molecule has 0 saturated carbocycles. The quantitative estimate of drug-likeness (QED) is 0.156. The molecule has 332 valence electrons. The van der Waals surface area contributed by atoms with E-state index in [9.17, 15) is 0 Å². The normalized spacial score (nSPS) is 12.3. The van der Waals surface area contributed by atoms with Crippen LogP contribution < -0.4 is 0 Å². The van der Waals surface area contributed by atoms with Gasteiger partial charge in [0.1, 0.15) is 0 Å². The summed E-state index contributed by atoms with van der Waals surface area (Å²) >= 11 is 0. The fourth-order valence-corrected chi connectivity index (χ4v) is 11.3. The Hall–Kier alpha value is -9.31. The van der Waals surface area contributed by atoms with Crippen molar-refractivity contribution in [1.29, 1.82) is 0 Å². The van der Waals surface area contributed by atoms with Gasteiger partial charge in [0.2, 0.25) is 0 Å². The maximum Gasteiger partial charge on any atom is 0.0541 e. The lowest BCUT2D eigenvalue weighted by Crippen LogP contribution is -2.03. The first-order valence-corrected chi connectivity index (χ1v) is 24.5. The van der Waals surface area contributed by atoms with E-state index in [1.807, 2.05) is 12.4 Å². The van der Waals surface area contributed by atoms with Crippen LogP contribution in [-0.4, -0.2) is 14.1 Å². The zero-order chi connectivity index (χ0) is 46.8. The highest BCUT2D eigenvalue weighted by Gasteiger charge is 2.20. The van der Waals surface area contributed by atoms with E-state index in [2.05, 4.69) is 258 Å². The molecule has 3 heteroatoms. The van der Waals surface area contributed by atoms with Crippen molar-refractivity contribution in [3.63, 3.8) is 0 Å². The van der Waals surface area contributed by atoms with Gasteiger partial charge in [-0.05, 0) is 127 Å². The van der Waals surface area contributed by atoms with Gasteiger partial charge in [-0.1, -0.05) is 188 Å². The maximum atomic E-state index is 4.90. The van der Waals surface area contributed by atoms with Gasteiger partial charge in [-0.2, -0.15) is 0 Å². The van der Waals surface area contributed by atoms with Crippen molar-refractivity contribution in [2.75, 3.05) is 0 Å². The van der Waals surface area contributed by atoms with Gasteiger partial charge < -0.3 is 9.13 Å². The molecule has 3 nitrogen and oxygen atoms in total. The molecule has 10 aromatic carbocycles. The topological polar surface area (TPSA) is 22.8 Å². The van der Waals surface area contributed by atoms with Gasteiger partial charge in [0, 0.05) is 68.7 Å². The van der Waals surface area contributed by atoms with E-state index in [-0.39, 0.29) is 0 Å². The van der Waals surface area contributed by atoms with Crippen LogP contribution in [0.1, 0.15) is 11.3 Å². The van der Waals surface area contributed by atoms with Crippen molar-refractivity contribution in [3.8, 4) is 67.0 Å². The largest absolute Gasteiger partial charge is 0.313 e. The van der Waals surface area contributed by atoms with Gasteiger partial charge in [0.15, 0.2) is 0 Å². The average Bonchev–Trinajstić information content (AvgIpc) is 3.83. The summed E-state index contributed by atoms with van der Waals surface area (Å²) in [5.74, 6) is 0. The lowest BCUT2D eigenvalue weighted by molar-refractivity contribution is 0.998. The Labute approximate surface area is 412 Å². The third-order valence-electron chi connectivity index (χ3n) is 14.6. The van der Waals surface area contributed by atoms with Gasteiger partial charge >= 0.3 is 0 Å². The number of nitrogens with zero attached hydrogens (tertiary/aromatic N) is 3. The first-order chi connectivity index (χ1) is 35.2. The molecule has 3 heterocycles. The van der Waals surface area contributed by atoms with E-state index in [1.165, 1.54) is 87.8 Å². The van der Waals surface area contributed by atoms with E-state index in [1.54, 1.807) is 0 Å². The Kier molecular flexibility index (Phi) is 9.60. The number of fused-ring (bicyclic) bond motifs is 8. The molecule has 1 aliphatic rings. The summed E-state index contributed by atoms with van der Waals surface area (Å²) in [6, 6.07) is 82.4. The third kappa shape index (κ3) is 6.93.